The second kappa shape index (κ2) is 9.08. The van der Waals surface area contributed by atoms with Gasteiger partial charge in [0.15, 0.2) is 0 Å². The summed E-state index contributed by atoms with van der Waals surface area (Å²) in [6.07, 6.45) is 0.205. The van der Waals surface area contributed by atoms with Gasteiger partial charge in [-0.2, -0.15) is 13.2 Å². The maximum absolute atomic E-state index is 12.1. The summed E-state index contributed by atoms with van der Waals surface area (Å²) in [5.74, 6) is -0.800. The average Bonchev–Trinajstić information content (AvgIpc) is 2.60. The number of ether oxygens (including phenoxy) is 1. The lowest BCUT2D eigenvalue weighted by Crippen LogP contribution is -2.37. The van der Waals surface area contributed by atoms with Crippen LogP contribution >= 0.6 is 0 Å². The Morgan fingerprint density at radius 1 is 1.28 bits per heavy atom. The fourth-order valence-corrected chi connectivity index (χ4v) is 2.97. The maximum atomic E-state index is 12.1. The topological polar surface area (TPSA) is 58.6 Å². The number of carbonyl (C=O) groups is 1. The zero-order valence-corrected chi connectivity index (χ0v) is 14.0. The van der Waals surface area contributed by atoms with Gasteiger partial charge in [-0.15, -0.1) is 0 Å². The van der Waals surface area contributed by atoms with Crippen molar-refractivity contribution < 1.29 is 27.8 Å². The first kappa shape index (κ1) is 19.6. The zero-order chi connectivity index (χ0) is 18.3. The van der Waals surface area contributed by atoms with Crippen molar-refractivity contribution in [2.75, 3.05) is 13.2 Å². The molecule has 0 saturated heterocycles. The first-order valence-corrected chi connectivity index (χ1v) is 8.62. The molecule has 25 heavy (non-hydrogen) atoms. The van der Waals surface area contributed by atoms with E-state index in [0.29, 0.717) is 23.8 Å². The van der Waals surface area contributed by atoms with Crippen molar-refractivity contribution in [2.45, 2.75) is 50.8 Å². The van der Waals surface area contributed by atoms with E-state index in [4.69, 9.17) is 4.74 Å². The van der Waals surface area contributed by atoms with Crippen LogP contribution < -0.4 is 10.1 Å². The van der Waals surface area contributed by atoms with Gasteiger partial charge in [-0.1, -0.05) is 31.4 Å². The summed E-state index contributed by atoms with van der Waals surface area (Å²) in [6, 6.07) is 6.91. The van der Waals surface area contributed by atoms with Crippen molar-refractivity contribution in [3.8, 4) is 5.75 Å². The lowest BCUT2D eigenvalue weighted by molar-refractivity contribution is -0.173. The third-order valence-electron chi connectivity index (χ3n) is 4.41. The van der Waals surface area contributed by atoms with Gasteiger partial charge in [-0.25, -0.2) is 0 Å². The third kappa shape index (κ3) is 6.57. The molecule has 7 heteroatoms. The Balaban J connectivity index is 1.79. The number of hydrogen-bond donors (Lipinski definition) is 2. The molecule has 1 saturated carbocycles. The number of carbonyl (C=O) groups excluding carboxylic acids is 1. The Labute approximate surface area is 145 Å². The minimum Gasteiger partial charge on any atom is -0.493 e. The number of alkyl halides is 3. The van der Waals surface area contributed by atoms with Crippen molar-refractivity contribution in [1.29, 1.82) is 0 Å². The average molecular weight is 359 g/mol. The van der Waals surface area contributed by atoms with E-state index in [9.17, 15) is 23.1 Å². The molecule has 1 atom stereocenters. The molecule has 1 aliphatic rings. The van der Waals surface area contributed by atoms with E-state index in [2.05, 4.69) is 0 Å². The van der Waals surface area contributed by atoms with Gasteiger partial charge in [0.1, 0.15) is 5.75 Å². The van der Waals surface area contributed by atoms with E-state index in [1.165, 1.54) is 32.1 Å². The van der Waals surface area contributed by atoms with E-state index >= 15 is 0 Å². The predicted molar refractivity (Wildman–Crippen MR) is 87.2 cm³/mol. The summed E-state index contributed by atoms with van der Waals surface area (Å²) in [7, 11) is 0. The van der Waals surface area contributed by atoms with Crippen LogP contribution in [0, 0.1) is 5.92 Å². The molecular weight excluding hydrogens is 335 g/mol. The van der Waals surface area contributed by atoms with Crippen molar-refractivity contribution in [3.63, 3.8) is 0 Å². The van der Waals surface area contributed by atoms with Crippen molar-refractivity contribution in [2.24, 2.45) is 5.92 Å². The molecule has 140 valence electrons. The molecule has 0 aliphatic heterocycles. The summed E-state index contributed by atoms with van der Waals surface area (Å²) in [5.41, 5.74) is 0.558. The normalized spacial score (nSPS) is 17.1. The minimum atomic E-state index is -4.90. The Hall–Kier alpha value is -1.76. The van der Waals surface area contributed by atoms with Gasteiger partial charge in [0.2, 0.25) is 0 Å². The molecule has 1 aliphatic carbocycles. The summed E-state index contributed by atoms with van der Waals surface area (Å²) in [6.45, 7) is 0.383. The second-order valence-electron chi connectivity index (χ2n) is 6.45. The molecular formula is C18H24F3NO3. The van der Waals surface area contributed by atoms with Gasteiger partial charge >= 0.3 is 12.1 Å². The van der Waals surface area contributed by atoms with Crippen molar-refractivity contribution in [1.82, 2.24) is 5.32 Å². The maximum Gasteiger partial charge on any atom is 0.471 e. The summed E-state index contributed by atoms with van der Waals surface area (Å²) < 4.78 is 42.1. The van der Waals surface area contributed by atoms with E-state index in [1.807, 2.05) is 0 Å². The molecule has 2 rings (SSSR count). The predicted octanol–water partition coefficient (Wildman–Crippen LogP) is 3.75. The van der Waals surface area contributed by atoms with Crippen molar-refractivity contribution in [3.05, 3.63) is 29.8 Å². The van der Waals surface area contributed by atoms with E-state index in [-0.39, 0.29) is 13.0 Å². The Bertz CT molecular complexity index is 557. The summed E-state index contributed by atoms with van der Waals surface area (Å²) in [5, 5.41) is 11.8. The van der Waals surface area contributed by atoms with Gasteiger partial charge < -0.3 is 15.2 Å². The largest absolute Gasteiger partial charge is 0.493 e. The highest BCUT2D eigenvalue weighted by atomic mass is 19.4. The molecule has 1 aromatic rings. The molecule has 0 spiro atoms. The smallest absolute Gasteiger partial charge is 0.471 e. The molecule has 0 bridgehead atoms. The lowest BCUT2D eigenvalue weighted by atomic mass is 9.90. The molecule has 0 aromatic heterocycles. The number of benzene rings is 1. The second-order valence-corrected chi connectivity index (χ2v) is 6.45. The van der Waals surface area contributed by atoms with Gasteiger partial charge in [0.25, 0.3) is 0 Å². The quantitative estimate of drug-likeness (QED) is 0.780. The fourth-order valence-electron chi connectivity index (χ4n) is 2.97. The SMILES string of the molecule is O=C(NCC[C@@H](O)c1cccc(OCC2CCCCC2)c1)C(F)(F)F. The molecule has 0 heterocycles. The van der Waals surface area contributed by atoms with Gasteiger partial charge in [0, 0.05) is 6.54 Å². The van der Waals surface area contributed by atoms with Crippen LogP contribution in [0.1, 0.15) is 50.2 Å². The van der Waals surface area contributed by atoms with Crippen LogP contribution in [-0.2, 0) is 4.79 Å². The molecule has 4 nitrogen and oxygen atoms in total. The Kier molecular flexibility index (Phi) is 7.11. The van der Waals surface area contributed by atoms with Crippen LogP contribution in [0.5, 0.6) is 5.75 Å². The third-order valence-corrected chi connectivity index (χ3v) is 4.41. The number of halogens is 3. The van der Waals surface area contributed by atoms with Crippen LogP contribution in [0.2, 0.25) is 0 Å². The highest BCUT2D eigenvalue weighted by molar-refractivity contribution is 5.81. The first-order valence-electron chi connectivity index (χ1n) is 8.62. The van der Waals surface area contributed by atoms with Gasteiger partial charge in [-0.05, 0) is 42.9 Å². The van der Waals surface area contributed by atoms with Crippen LogP contribution in [0.15, 0.2) is 24.3 Å². The molecule has 0 radical (unpaired) electrons. The summed E-state index contributed by atoms with van der Waals surface area (Å²) >= 11 is 0. The number of hydrogen-bond acceptors (Lipinski definition) is 3. The van der Waals surface area contributed by atoms with Gasteiger partial charge in [0.05, 0.1) is 12.7 Å². The Morgan fingerprint density at radius 3 is 2.68 bits per heavy atom. The van der Waals surface area contributed by atoms with Crippen LogP contribution in [0.25, 0.3) is 0 Å². The molecule has 1 fully saturated rings. The highest BCUT2D eigenvalue weighted by Gasteiger charge is 2.38. The van der Waals surface area contributed by atoms with E-state index in [0.717, 1.165) is 0 Å². The molecule has 2 N–H and O–H groups in total. The molecule has 1 amide bonds. The van der Waals surface area contributed by atoms with Gasteiger partial charge in [-0.3, -0.25) is 4.79 Å². The number of aliphatic hydroxyl groups is 1. The zero-order valence-electron chi connectivity index (χ0n) is 14.0. The van der Waals surface area contributed by atoms with E-state index in [1.54, 1.807) is 29.6 Å². The molecule has 0 unspecified atom stereocenters. The van der Waals surface area contributed by atoms with Crippen LogP contribution in [0.4, 0.5) is 13.2 Å². The monoisotopic (exact) mass is 359 g/mol. The standard InChI is InChI=1S/C18H24F3NO3/c19-18(20,21)17(24)22-10-9-16(23)14-7-4-8-15(11-14)25-12-13-5-2-1-3-6-13/h4,7-8,11,13,16,23H,1-3,5-6,9-10,12H2,(H,22,24)/t16-/m1/s1. The lowest BCUT2D eigenvalue weighted by Gasteiger charge is -2.22. The van der Waals surface area contributed by atoms with Crippen molar-refractivity contribution >= 4 is 5.91 Å². The number of amides is 1. The minimum absolute atomic E-state index is 0.00605. The fraction of sp³-hybridized carbons (Fsp3) is 0.611. The number of rotatable bonds is 7. The Morgan fingerprint density at radius 2 is 2.00 bits per heavy atom. The van der Waals surface area contributed by atoms with Crippen LogP contribution in [0.3, 0.4) is 0 Å². The van der Waals surface area contributed by atoms with E-state index < -0.39 is 18.2 Å². The molecule has 1 aromatic carbocycles. The first-order chi connectivity index (χ1) is 11.9. The summed E-state index contributed by atoms with van der Waals surface area (Å²) in [4.78, 5) is 10.7. The highest BCUT2D eigenvalue weighted by Crippen LogP contribution is 2.26. The van der Waals surface area contributed by atoms with Crippen LogP contribution in [-0.4, -0.2) is 30.3 Å². The number of aliphatic hydroxyl groups excluding tert-OH is 1. The number of nitrogens with one attached hydrogen (secondary N) is 1.